The number of nitrogens with zero attached hydrogens (tertiary/aromatic N) is 3. The van der Waals surface area contributed by atoms with E-state index in [0.29, 0.717) is 27.9 Å². The maximum atomic E-state index is 12.7. The maximum absolute atomic E-state index is 12.7. The Morgan fingerprint density at radius 1 is 1.19 bits per heavy atom. The van der Waals surface area contributed by atoms with Crippen molar-refractivity contribution in [2.75, 3.05) is 19.5 Å². The predicted octanol–water partition coefficient (Wildman–Crippen LogP) is 4.17. The van der Waals surface area contributed by atoms with Crippen LogP contribution in [-0.2, 0) is 0 Å². The fraction of sp³-hybridized carbons (Fsp3) is 0.316. The lowest BCUT2D eigenvalue weighted by molar-refractivity contribution is 0.102. The smallest absolute Gasteiger partial charge is 0.268 e. The molecule has 8 heteroatoms. The Hall–Kier alpha value is -2.87. The van der Waals surface area contributed by atoms with Crippen LogP contribution < -0.4 is 14.8 Å². The fourth-order valence-electron chi connectivity index (χ4n) is 2.70. The van der Waals surface area contributed by atoms with Gasteiger partial charge in [-0.15, -0.1) is 11.3 Å². The topological polar surface area (TPSA) is 78.3 Å². The summed E-state index contributed by atoms with van der Waals surface area (Å²) in [5.41, 5.74) is 1.55. The number of methoxy groups -OCH3 is 2. The van der Waals surface area contributed by atoms with Crippen molar-refractivity contribution in [1.29, 1.82) is 0 Å². The van der Waals surface area contributed by atoms with E-state index in [4.69, 9.17) is 9.47 Å². The normalized spacial score (nSPS) is 10.9. The first-order valence-electron chi connectivity index (χ1n) is 8.49. The number of carbonyl (C=O) groups is 1. The van der Waals surface area contributed by atoms with Gasteiger partial charge >= 0.3 is 0 Å². The number of amides is 1. The van der Waals surface area contributed by atoms with Gasteiger partial charge in [-0.25, -0.2) is 9.67 Å². The molecule has 27 heavy (non-hydrogen) atoms. The van der Waals surface area contributed by atoms with Crippen molar-refractivity contribution < 1.29 is 14.3 Å². The SMILES string of the molecule is COc1ccc(-c2nc(C)c(C(=O)Nc3ccnn3C(C)C)s2)cc1OC. The first-order valence-corrected chi connectivity index (χ1v) is 9.31. The molecule has 0 aliphatic rings. The lowest BCUT2D eigenvalue weighted by atomic mass is 10.2. The molecule has 1 amide bonds. The Labute approximate surface area is 162 Å². The largest absolute Gasteiger partial charge is 0.493 e. The molecule has 3 rings (SSSR count). The quantitative estimate of drug-likeness (QED) is 0.688. The zero-order valence-electron chi connectivity index (χ0n) is 15.9. The summed E-state index contributed by atoms with van der Waals surface area (Å²) >= 11 is 1.34. The van der Waals surface area contributed by atoms with Crippen LogP contribution in [0.25, 0.3) is 10.6 Å². The second-order valence-electron chi connectivity index (χ2n) is 6.21. The molecule has 0 aliphatic heterocycles. The van der Waals surface area contributed by atoms with E-state index in [1.54, 1.807) is 31.2 Å². The van der Waals surface area contributed by atoms with E-state index in [9.17, 15) is 4.79 Å². The van der Waals surface area contributed by atoms with Gasteiger partial charge in [0.15, 0.2) is 11.5 Å². The molecule has 0 aliphatic carbocycles. The van der Waals surface area contributed by atoms with E-state index in [1.165, 1.54) is 11.3 Å². The molecular formula is C19H22N4O3S. The van der Waals surface area contributed by atoms with Crippen molar-refractivity contribution in [2.45, 2.75) is 26.8 Å². The molecule has 142 valence electrons. The predicted molar refractivity (Wildman–Crippen MR) is 106 cm³/mol. The summed E-state index contributed by atoms with van der Waals surface area (Å²) in [6, 6.07) is 7.51. The van der Waals surface area contributed by atoms with Crippen molar-refractivity contribution in [2.24, 2.45) is 0 Å². The Morgan fingerprint density at radius 2 is 1.93 bits per heavy atom. The molecule has 0 spiro atoms. The average molecular weight is 386 g/mol. The molecule has 0 atom stereocenters. The molecule has 1 aromatic carbocycles. The lowest BCUT2D eigenvalue weighted by Crippen LogP contribution is -2.16. The van der Waals surface area contributed by atoms with E-state index in [0.717, 1.165) is 10.6 Å². The number of anilines is 1. The first kappa shape index (κ1) is 18.9. The second kappa shape index (κ2) is 7.79. The van der Waals surface area contributed by atoms with Gasteiger partial charge < -0.3 is 14.8 Å². The van der Waals surface area contributed by atoms with Crippen LogP contribution in [0.4, 0.5) is 5.82 Å². The van der Waals surface area contributed by atoms with Crippen LogP contribution in [0.3, 0.4) is 0 Å². The highest BCUT2D eigenvalue weighted by Gasteiger charge is 2.19. The third kappa shape index (κ3) is 3.80. The molecule has 7 nitrogen and oxygen atoms in total. The minimum atomic E-state index is -0.195. The van der Waals surface area contributed by atoms with E-state index in [-0.39, 0.29) is 11.9 Å². The van der Waals surface area contributed by atoms with Gasteiger partial charge in [-0.05, 0) is 39.0 Å². The number of aromatic nitrogens is 3. The number of ether oxygens (including phenoxy) is 2. The van der Waals surface area contributed by atoms with Crippen molar-refractivity contribution in [3.05, 3.63) is 41.0 Å². The monoisotopic (exact) mass is 386 g/mol. The van der Waals surface area contributed by atoms with Crippen LogP contribution in [0.2, 0.25) is 0 Å². The van der Waals surface area contributed by atoms with E-state index in [1.807, 2.05) is 39.0 Å². The highest BCUT2D eigenvalue weighted by molar-refractivity contribution is 7.17. The van der Waals surface area contributed by atoms with Gasteiger partial charge in [-0.3, -0.25) is 4.79 Å². The van der Waals surface area contributed by atoms with Gasteiger partial charge in [-0.1, -0.05) is 0 Å². The third-order valence-corrected chi connectivity index (χ3v) is 5.24. The molecule has 3 aromatic rings. The lowest BCUT2D eigenvalue weighted by Gasteiger charge is -2.11. The molecule has 2 aromatic heterocycles. The summed E-state index contributed by atoms with van der Waals surface area (Å²) in [7, 11) is 3.18. The molecular weight excluding hydrogens is 364 g/mol. The summed E-state index contributed by atoms with van der Waals surface area (Å²) in [4.78, 5) is 17.9. The van der Waals surface area contributed by atoms with E-state index >= 15 is 0 Å². The van der Waals surface area contributed by atoms with Crippen molar-refractivity contribution in [1.82, 2.24) is 14.8 Å². The Bertz CT molecular complexity index is 962. The molecule has 0 radical (unpaired) electrons. The number of thiazole rings is 1. The minimum absolute atomic E-state index is 0.153. The number of aryl methyl sites for hydroxylation is 1. The fourth-order valence-corrected chi connectivity index (χ4v) is 3.66. The van der Waals surface area contributed by atoms with E-state index < -0.39 is 0 Å². The van der Waals surface area contributed by atoms with Crippen molar-refractivity contribution >= 4 is 23.1 Å². The first-order chi connectivity index (χ1) is 12.9. The van der Waals surface area contributed by atoms with Gasteiger partial charge in [0.05, 0.1) is 26.1 Å². The van der Waals surface area contributed by atoms with E-state index in [2.05, 4.69) is 15.4 Å². The minimum Gasteiger partial charge on any atom is -0.493 e. The van der Waals surface area contributed by atoms with Crippen LogP contribution in [-0.4, -0.2) is 34.9 Å². The zero-order chi connectivity index (χ0) is 19.6. The molecule has 0 bridgehead atoms. The summed E-state index contributed by atoms with van der Waals surface area (Å²) in [6.07, 6.45) is 1.67. The Balaban J connectivity index is 1.88. The van der Waals surface area contributed by atoms with Gasteiger partial charge in [0, 0.05) is 17.7 Å². The summed E-state index contributed by atoms with van der Waals surface area (Å²) in [5.74, 6) is 1.73. The third-order valence-electron chi connectivity index (χ3n) is 4.03. The highest BCUT2D eigenvalue weighted by Crippen LogP contribution is 2.35. The number of carbonyl (C=O) groups excluding carboxylic acids is 1. The highest BCUT2D eigenvalue weighted by atomic mass is 32.1. The molecule has 0 unspecified atom stereocenters. The summed E-state index contributed by atoms with van der Waals surface area (Å²) in [5, 5.41) is 7.91. The number of benzene rings is 1. The van der Waals surface area contributed by atoms with Crippen LogP contribution in [0.15, 0.2) is 30.5 Å². The molecule has 1 N–H and O–H groups in total. The number of hydrogen-bond donors (Lipinski definition) is 1. The number of rotatable bonds is 6. The van der Waals surface area contributed by atoms with Gasteiger partial charge in [0.2, 0.25) is 0 Å². The average Bonchev–Trinajstić information content (AvgIpc) is 3.27. The Kier molecular flexibility index (Phi) is 5.46. The number of nitrogens with one attached hydrogen (secondary N) is 1. The standard InChI is InChI=1S/C19H22N4O3S/c1-11(2)23-16(8-9-20-23)22-18(24)17-12(3)21-19(27-17)13-6-7-14(25-4)15(10-13)26-5/h6-11H,1-5H3,(H,22,24). The maximum Gasteiger partial charge on any atom is 0.268 e. The molecule has 0 saturated carbocycles. The number of hydrogen-bond acceptors (Lipinski definition) is 6. The van der Waals surface area contributed by atoms with Crippen LogP contribution in [0, 0.1) is 6.92 Å². The zero-order valence-corrected chi connectivity index (χ0v) is 16.8. The van der Waals surface area contributed by atoms with Gasteiger partial charge in [0.25, 0.3) is 5.91 Å². The molecule has 2 heterocycles. The molecule has 0 fully saturated rings. The van der Waals surface area contributed by atoms with Gasteiger partial charge in [-0.2, -0.15) is 5.10 Å². The Morgan fingerprint density at radius 3 is 2.59 bits per heavy atom. The van der Waals surface area contributed by atoms with Crippen molar-refractivity contribution in [3.63, 3.8) is 0 Å². The van der Waals surface area contributed by atoms with Crippen LogP contribution >= 0.6 is 11.3 Å². The van der Waals surface area contributed by atoms with Crippen molar-refractivity contribution in [3.8, 4) is 22.1 Å². The van der Waals surface area contributed by atoms with Gasteiger partial charge in [0.1, 0.15) is 15.7 Å². The summed E-state index contributed by atoms with van der Waals surface area (Å²) < 4.78 is 12.4. The van der Waals surface area contributed by atoms with Crippen LogP contribution in [0.5, 0.6) is 11.5 Å². The van der Waals surface area contributed by atoms with Crippen LogP contribution in [0.1, 0.15) is 35.3 Å². The molecule has 0 saturated heterocycles. The summed E-state index contributed by atoms with van der Waals surface area (Å²) in [6.45, 7) is 5.85. The second-order valence-corrected chi connectivity index (χ2v) is 7.21.